The summed E-state index contributed by atoms with van der Waals surface area (Å²) >= 11 is 0. The summed E-state index contributed by atoms with van der Waals surface area (Å²) < 4.78 is 3.97. The second-order valence-electron chi connectivity index (χ2n) is 5.90. The lowest BCUT2D eigenvalue weighted by Crippen LogP contribution is -2.40. The van der Waals surface area contributed by atoms with Crippen molar-refractivity contribution in [3.05, 3.63) is 30.1 Å². The number of rotatable bonds is 5. The fourth-order valence-corrected chi connectivity index (χ4v) is 2.79. The lowest BCUT2D eigenvalue weighted by atomic mass is 10.2. The summed E-state index contributed by atoms with van der Waals surface area (Å²) in [5, 5.41) is 22.9. The van der Waals surface area contributed by atoms with E-state index in [2.05, 4.69) is 38.6 Å². The molecule has 0 fully saturated rings. The molecule has 1 aliphatic rings. The first kappa shape index (κ1) is 14.2. The Morgan fingerprint density at radius 3 is 2.81 bits per heavy atom. The molecule has 3 rings (SSSR count). The van der Waals surface area contributed by atoms with Crippen LogP contribution >= 0.6 is 0 Å². The smallest absolute Gasteiger partial charge is 0.147 e. The van der Waals surface area contributed by atoms with E-state index in [0.717, 1.165) is 31.3 Å². The Morgan fingerprint density at radius 1 is 1.24 bits per heavy atom. The predicted octanol–water partition coefficient (Wildman–Crippen LogP) is 0.475. The summed E-state index contributed by atoms with van der Waals surface area (Å²) in [4.78, 5) is 2.22. The molecule has 0 aromatic carbocycles. The maximum absolute atomic E-state index is 10.2. The zero-order valence-electron chi connectivity index (χ0n) is 12.6. The Kier molecular flexibility index (Phi) is 4.03. The molecule has 2 aromatic rings. The van der Waals surface area contributed by atoms with Crippen LogP contribution in [0.3, 0.4) is 0 Å². The second kappa shape index (κ2) is 5.95. The van der Waals surface area contributed by atoms with Gasteiger partial charge >= 0.3 is 0 Å². The molecule has 114 valence electrons. The van der Waals surface area contributed by atoms with E-state index >= 15 is 0 Å². The van der Waals surface area contributed by atoms with Crippen molar-refractivity contribution in [1.82, 2.24) is 29.4 Å². The molecule has 1 atom stereocenters. The van der Waals surface area contributed by atoms with E-state index in [-0.39, 0.29) is 0 Å². The first-order chi connectivity index (χ1) is 10.1. The minimum absolute atomic E-state index is 0.392. The Bertz CT molecular complexity index is 576. The van der Waals surface area contributed by atoms with Crippen LogP contribution in [0.4, 0.5) is 0 Å². The highest BCUT2D eigenvalue weighted by Gasteiger charge is 2.23. The number of aromatic nitrogens is 5. The molecule has 1 aliphatic heterocycles. The first-order valence-electron chi connectivity index (χ1n) is 7.43. The van der Waals surface area contributed by atoms with Gasteiger partial charge in [0.25, 0.3) is 0 Å². The van der Waals surface area contributed by atoms with Gasteiger partial charge in [-0.15, -0.1) is 10.2 Å². The Labute approximate surface area is 124 Å². The van der Waals surface area contributed by atoms with Crippen LogP contribution in [0.2, 0.25) is 0 Å². The number of hydrogen-bond donors (Lipinski definition) is 1. The van der Waals surface area contributed by atoms with Gasteiger partial charge in [-0.3, -0.25) is 9.58 Å². The van der Waals surface area contributed by atoms with Crippen molar-refractivity contribution in [2.75, 3.05) is 13.1 Å². The van der Waals surface area contributed by atoms with Crippen LogP contribution in [-0.2, 0) is 19.6 Å². The van der Waals surface area contributed by atoms with Gasteiger partial charge in [0.1, 0.15) is 11.6 Å². The van der Waals surface area contributed by atoms with E-state index < -0.39 is 6.10 Å². The fourth-order valence-electron chi connectivity index (χ4n) is 2.79. The van der Waals surface area contributed by atoms with Crippen LogP contribution in [-0.4, -0.2) is 53.7 Å². The van der Waals surface area contributed by atoms with E-state index in [0.29, 0.717) is 19.0 Å². The highest BCUT2D eigenvalue weighted by atomic mass is 16.3. The van der Waals surface area contributed by atoms with Gasteiger partial charge in [0, 0.05) is 37.9 Å². The van der Waals surface area contributed by atoms with Crippen LogP contribution in [0.15, 0.2) is 18.5 Å². The van der Waals surface area contributed by atoms with Gasteiger partial charge in [0.2, 0.25) is 0 Å². The molecule has 0 amide bonds. The summed E-state index contributed by atoms with van der Waals surface area (Å²) in [6, 6.07) is 1.86. The largest absolute Gasteiger partial charge is 0.390 e. The molecule has 21 heavy (non-hydrogen) atoms. The monoisotopic (exact) mass is 290 g/mol. The van der Waals surface area contributed by atoms with Gasteiger partial charge in [-0.25, -0.2) is 0 Å². The Morgan fingerprint density at radius 2 is 2.10 bits per heavy atom. The first-order valence-corrected chi connectivity index (χ1v) is 7.43. The van der Waals surface area contributed by atoms with Gasteiger partial charge in [-0.1, -0.05) is 13.8 Å². The normalized spacial score (nSPS) is 17.1. The second-order valence-corrected chi connectivity index (χ2v) is 5.90. The summed E-state index contributed by atoms with van der Waals surface area (Å²) in [5.41, 5.74) is 0. The maximum Gasteiger partial charge on any atom is 0.147 e. The van der Waals surface area contributed by atoms with E-state index in [1.165, 1.54) is 0 Å². The third kappa shape index (κ3) is 3.14. The molecule has 0 saturated carbocycles. The minimum Gasteiger partial charge on any atom is -0.390 e. The van der Waals surface area contributed by atoms with Crippen LogP contribution < -0.4 is 0 Å². The lowest BCUT2D eigenvalue weighted by molar-refractivity contribution is 0.0808. The van der Waals surface area contributed by atoms with Gasteiger partial charge < -0.3 is 9.67 Å². The highest BCUT2D eigenvalue weighted by molar-refractivity contribution is 5.02. The third-order valence-electron chi connectivity index (χ3n) is 3.80. The zero-order chi connectivity index (χ0) is 14.8. The number of β-amino-alcohol motifs (C(OH)–C–C–N with tert-alkyl or cyclic N) is 1. The Hall–Kier alpha value is -1.73. The summed E-state index contributed by atoms with van der Waals surface area (Å²) in [5.74, 6) is 2.45. The highest BCUT2D eigenvalue weighted by Crippen LogP contribution is 2.18. The van der Waals surface area contributed by atoms with Crippen molar-refractivity contribution >= 4 is 0 Å². The molecule has 7 nitrogen and oxygen atoms in total. The molecule has 0 aliphatic carbocycles. The summed E-state index contributed by atoms with van der Waals surface area (Å²) in [6.45, 7) is 7.98. The van der Waals surface area contributed by atoms with Crippen LogP contribution in [0.25, 0.3) is 0 Å². The number of fused-ring (bicyclic) bond motifs is 1. The number of nitrogens with zero attached hydrogens (tertiary/aromatic N) is 6. The number of aliphatic hydroxyl groups excluding tert-OH is 1. The van der Waals surface area contributed by atoms with Crippen molar-refractivity contribution in [2.45, 2.75) is 45.5 Å². The molecule has 2 aromatic heterocycles. The molecule has 0 spiro atoms. The van der Waals surface area contributed by atoms with Gasteiger partial charge in [0.15, 0.2) is 0 Å². The van der Waals surface area contributed by atoms with E-state index in [4.69, 9.17) is 0 Å². The van der Waals surface area contributed by atoms with Crippen molar-refractivity contribution in [3.8, 4) is 0 Å². The quantitative estimate of drug-likeness (QED) is 0.867. The average Bonchev–Trinajstić information content (AvgIpc) is 3.06. The van der Waals surface area contributed by atoms with Crippen molar-refractivity contribution in [3.63, 3.8) is 0 Å². The molecule has 0 saturated heterocycles. The number of aliphatic hydroxyl groups is 1. The van der Waals surface area contributed by atoms with Gasteiger partial charge in [-0.2, -0.15) is 5.10 Å². The van der Waals surface area contributed by atoms with Crippen LogP contribution in [0, 0.1) is 0 Å². The maximum atomic E-state index is 10.2. The average molecular weight is 290 g/mol. The number of hydrogen-bond acceptors (Lipinski definition) is 5. The van der Waals surface area contributed by atoms with Gasteiger partial charge in [0.05, 0.1) is 19.2 Å². The van der Waals surface area contributed by atoms with E-state index in [1.54, 1.807) is 10.9 Å². The molecule has 7 heteroatoms. The molecular weight excluding hydrogens is 268 g/mol. The van der Waals surface area contributed by atoms with Crippen LogP contribution in [0.1, 0.15) is 31.4 Å². The standard InChI is InChI=1S/C14H22N6O/c1-11(2)14-17-16-13-10-18(6-7-20(13)14)8-12(21)9-19-5-3-4-15-19/h3-5,11-12,21H,6-10H2,1-2H3/t12-/m1/s1. The van der Waals surface area contributed by atoms with E-state index in [9.17, 15) is 5.11 Å². The summed E-state index contributed by atoms with van der Waals surface area (Å²) in [7, 11) is 0. The topological polar surface area (TPSA) is 72.0 Å². The summed E-state index contributed by atoms with van der Waals surface area (Å²) in [6.07, 6.45) is 3.16. The third-order valence-corrected chi connectivity index (χ3v) is 3.80. The molecule has 0 bridgehead atoms. The van der Waals surface area contributed by atoms with Gasteiger partial charge in [-0.05, 0) is 6.07 Å². The lowest BCUT2D eigenvalue weighted by Gasteiger charge is -2.29. The molecule has 1 N–H and O–H groups in total. The van der Waals surface area contributed by atoms with Crippen molar-refractivity contribution in [1.29, 1.82) is 0 Å². The SMILES string of the molecule is CC(C)c1nnc2n1CCN(C[C@@H](O)Cn1cccn1)C2. The van der Waals surface area contributed by atoms with Crippen LogP contribution in [0.5, 0.6) is 0 Å². The van der Waals surface area contributed by atoms with E-state index in [1.807, 2.05) is 12.3 Å². The Balaban J connectivity index is 1.59. The zero-order valence-corrected chi connectivity index (χ0v) is 12.6. The minimum atomic E-state index is -0.427. The molecular formula is C14H22N6O. The molecule has 3 heterocycles. The van der Waals surface area contributed by atoms with Crippen molar-refractivity contribution in [2.24, 2.45) is 0 Å². The predicted molar refractivity (Wildman–Crippen MR) is 77.6 cm³/mol. The van der Waals surface area contributed by atoms with Crippen molar-refractivity contribution < 1.29 is 5.11 Å². The fraction of sp³-hybridized carbons (Fsp3) is 0.643. The molecule has 0 unspecified atom stereocenters. The molecule has 0 radical (unpaired) electrons.